The van der Waals surface area contributed by atoms with Gasteiger partial charge in [-0.25, -0.2) is 4.79 Å². The predicted octanol–water partition coefficient (Wildman–Crippen LogP) is 3.49. The van der Waals surface area contributed by atoms with Gasteiger partial charge in [0, 0.05) is 38.1 Å². The van der Waals surface area contributed by atoms with Crippen LogP contribution in [0.5, 0.6) is 5.75 Å². The molecule has 2 N–H and O–H groups in total. The lowest BCUT2D eigenvalue weighted by Crippen LogP contribution is -2.35. The van der Waals surface area contributed by atoms with Crippen molar-refractivity contribution < 1.29 is 14.3 Å². The van der Waals surface area contributed by atoms with Crippen LogP contribution in [-0.2, 0) is 11.3 Å². The second-order valence-electron chi connectivity index (χ2n) is 5.81. The molecule has 0 aliphatic carbocycles. The number of aromatic nitrogens is 1. The number of pyridine rings is 1. The summed E-state index contributed by atoms with van der Waals surface area (Å²) >= 11 is 0. The van der Waals surface area contributed by atoms with Crippen LogP contribution in [0.15, 0.2) is 42.7 Å². The fourth-order valence-corrected chi connectivity index (χ4v) is 2.51. The van der Waals surface area contributed by atoms with Crippen LogP contribution in [0.2, 0.25) is 0 Å². The summed E-state index contributed by atoms with van der Waals surface area (Å²) in [7, 11) is 1.52. The van der Waals surface area contributed by atoms with Crippen LogP contribution in [0.3, 0.4) is 0 Å². The minimum absolute atomic E-state index is 0.212. The van der Waals surface area contributed by atoms with Crippen molar-refractivity contribution in [3.05, 3.63) is 48.3 Å². The Morgan fingerprint density at radius 3 is 2.65 bits per heavy atom. The van der Waals surface area contributed by atoms with Gasteiger partial charge >= 0.3 is 6.03 Å². The number of urea groups is 1. The second-order valence-corrected chi connectivity index (χ2v) is 5.81. The van der Waals surface area contributed by atoms with Gasteiger partial charge in [-0.15, -0.1) is 0 Å². The number of carbonyl (C=O) groups is 2. The molecule has 0 fully saturated rings. The largest absolute Gasteiger partial charge is 0.495 e. The van der Waals surface area contributed by atoms with Gasteiger partial charge in [0.15, 0.2) is 0 Å². The molecule has 138 valence electrons. The quantitative estimate of drug-likeness (QED) is 0.795. The highest BCUT2D eigenvalue weighted by Gasteiger charge is 2.15. The molecular weight excluding hydrogens is 332 g/mol. The van der Waals surface area contributed by atoms with Crippen molar-refractivity contribution in [2.24, 2.45) is 0 Å². The van der Waals surface area contributed by atoms with Crippen LogP contribution in [0.1, 0.15) is 25.8 Å². The Balaban J connectivity index is 2.13. The minimum atomic E-state index is -0.213. The number of hydrogen-bond donors (Lipinski definition) is 2. The maximum atomic E-state index is 12.7. The Morgan fingerprint density at radius 1 is 1.23 bits per heavy atom. The predicted molar refractivity (Wildman–Crippen MR) is 101 cm³/mol. The number of hydrogen-bond acceptors (Lipinski definition) is 4. The SMILES string of the molecule is CCCN(Cc1cccnc1)C(=O)Nc1ccc(OC)c(NC(C)=O)c1. The van der Waals surface area contributed by atoms with Crippen molar-refractivity contribution in [2.75, 3.05) is 24.3 Å². The highest BCUT2D eigenvalue weighted by molar-refractivity contribution is 5.94. The summed E-state index contributed by atoms with van der Waals surface area (Å²) in [6, 6.07) is 8.68. The molecule has 0 atom stereocenters. The number of nitrogens with one attached hydrogen (secondary N) is 2. The van der Waals surface area contributed by atoms with E-state index in [1.165, 1.54) is 14.0 Å². The molecule has 0 radical (unpaired) electrons. The third-order valence-electron chi connectivity index (χ3n) is 3.64. The Labute approximate surface area is 153 Å². The van der Waals surface area contributed by atoms with Crippen molar-refractivity contribution in [3.63, 3.8) is 0 Å². The van der Waals surface area contributed by atoms with Gasteiger partial charge in [-0.05, 0) is 36.2 Å². The van der Waals surface area contributed by atoms with Crippen LogP contribution in [-0.4, -0.2) is 35.5 Å². The Morgan fingerprint density at radius 2 is 2.04 bits per heavy atom. The van der Waals surface area contributed by atoms with Gasteiger partial charge < -0.3 is 20.3 Å². The molecule has 0 saturated heterocycles. The molecule has 0 bridgehead atoms. The van der Waals surface area contributed by atoms with Gasteiger partial charge in [-0.2, -0.15) is 0 Å². The molecule has 0 aliphatic rings. The van der Waals surface area contributed by atoms with E-state index >= 15 is 0 Å². The molecule has 0 spiro atoms. The Hall–Kier alpha value is -3.09. The van der Waals surface area contributed by atoms with Crippen molar-refractivity contribution in [1.82, 2.24) is 9.88 Å². The zero-order chi connectivity index (χ0) is 18.9. The number of amides is 3. The van der Waals surface area contributed by atoms with E-state index in [1.807, 2.05) is 19.1 Å². The van der Waals surface area contributed by atoms with E-state index in [1.54, 1.807) is 35.5 Å². The average Bonchev–Trinajstić information content (AvgIpc) is 2.62. The molecule has 1 aromatic carbocycles. The zero-order valence-corrected chi connectivity index (χ0v) is 15.3. The van der Waals surface area contributed by atoms with E-state index in [9.17, 15) is 9.59 Å². The lowest BCUT2D eigenvalue weighted by Gasteiger charge is -2.23. The molecular formula is C19H24N4O3. The smallest absolute Gasteiger partial charge is 0.322 e. The van der Waals surface area contributed by atoms with E-state index < -0.39 is 0 Å². The summed E-state index contributed by atoms with van der Waals surface area (Å²) in [5.74, 6) is 0.315. The standard InChI is InChI=1S/C19H24N4O3/c1-4-10-23(13-15-6-5-9-20-12-15)19(25)22-16-7-8-18(26-3)17(11-16)21-14(2)24/h5-9,11-12H,4,10,13H2,1-3H3,(H,21,24)(H,22,25). The summed E-state index contributed by atoms with van der Waals surface area (Å²) < 4.78 is 5.23. The molecule has 0 saturated carbocycles. The van der Waals surface area contributed by atoms with Gasteiger partial charge in [-0.1, -0.05) is 13.0 Å². The number of nitrogens with zero attached hydrogens (tertiary/aromatic N) is 2. The molecule has 0 aliphatic heterocycles. The second kappa shape index (κ2) is 9.41. The number of anilines is 2. The highest BCUT2D eigenvalue weighted by atomic mass is 16.5. The van der Waals surface area contributed by atoms with Crippen LogP contribution in [0.25, 0.3) is 0 Å². The molecule has 0 unspecified atom stereocenters. The number of carbonyl (C=O) groups excluding carboxylic acids is 2. The summed E-state index contributed by atoms with van der Waals surface area (Å²) in [5.41, 5.74) is 2.05. The Bertz CT molecular complexity index is 750. The molecule has 2 rings (SSSR count). The molecule has 3 amide bonds. The van der Waals surface area contributed by atoms with Gasteiger partial charge in [0.25, 0.3) is 0 Å². The van der Waals surface area contributed by atoms with Crippen molar-refractivity contribution >= 4 is 23.3 Å². The van der Waals surface area contributed by atoms with E-state index in [-0.39, 0.29) is 11.9 Å². The third kappa shape index (κ3) is 5.47. The number of ether oxygens (including phenoxy) is 1. The van der Waals surface area contributed by atoms with E-state index in [0.29, 0.717) is 30.2 Å². The summed E-state index contributed by atoms with van der Waals surface area (Å²) in [5, 5.41) is 5.57. The van der Waals surface area contributed by atoms with Gasteiger partial charge in [-0.3, -0.25) is 9.78 Å². The number of benzene rings is 1. The first-order valence-corrected chi connectivity index (χ1v) is 8.44. The van der Waals surface area contributed by atoms with Gasteiger partial charge in [0.1, 0.15) is 5.75 Å². The van der Waals surface area contributed by atoms with Crippen LogP contribution in [0, 0.1) is 0 Å². The van der Waals surface area contributed by atoms with E-state index in [4.69, 9.17) is 4.74 Å². The van der Waals surface area contributed by atoms with E-state index in [2.05, 4.69) is 15.6 Å². The number of rotatable bonds is 7. The van der Waals surface area contributed by atoms with Gasteiger partial charge in [0.2, 0.25) is 5.91 Å². The molecule has 7 heteroatoms. The molecule has 1 heterocycles. The first kappa shape index (κ1) is 19.2. The first-order valence-electron chi connectivity index (χ1n) is 8.44. The lowest BCUT2D eigenvalue weighted by molar-refractivity contribution is -0.114. The van der Waals surface area contributed by atoms with Crippen molar-refractivity contribution in [1.29, 1.82) is 0 Å². The van der Waals surface area contributed by atoms with E-state index in [0.717, 1.165) is 12.0 Å². The molecule has 7 nitrogen and oxygen atoms in total. The highest BCUT2D eigenvalue weighted by Crippen LogP contribution is 2.28. The fourth-order valence-electron chi connectivity index (χ4n) is 2.51. The third-order valence-corrected chi connectivity index (χ3v) is 3.64. The monoisotopic (exact) mass is 356 g/mol. The van der Waals surface area contributed by atoms with Crippen LogP contribution < -0.4 is 15.4 Å². The minimum Gasteiger partial charge on any atom is -0.495 e. The van der Waals surface area contributed by atoms with Crippen molar-refractivity contribution in [3.8, 4) is 5.75 Å². The lowest BCUT2D eigenvalue weighted by atomic mass is 10.2. The summed E-state index contributed by atoms with van der Waals surface area (Å²) in [6.45, 7) is 4.53. The topological polar surface area (TPSA) is 83.6 Å². The maximum absolute atomic E-state index is 12.7. The Kier molecular flexibility index (Phi) is 6.96. The average molecular weight is 356 g/mol. The number of methoxy groups -OCH3 is 1. The van der Waals surface area contributed by atoms with Crippen molar-refractivity contribution in [2.45, 2.75) is 26.8 Å². The molecule has 26 heavy (non-hydrogen) atoms. The van der Waals surface area contributed by atoms with Gasteiger partial charge in [0.05, 0.1) is 12.8 Å². The first-order chi connectivity index (χ1) is 12.5. The fraction of sp³-hybridized carbons (Fsp3) is 0.316. The summed E-state index contributed by atoms with van der Waals surface area (Å²) in [4.78, 5) is 29.8. The normalized spacial score (nSPS) is 10.1. The van der Waals surface area contributed by atoms with Crippen LogP contribution >= 0.6 is 0 Å². The summed E-state index contributed by atoms with van der Waals surface area (Å²) in [6.07, 6.45) is 4.29. The zero-order valence-electron chi connectivity index (χ0n) is 15.3. The maximum Gasteiger partial charge on any atom is 0.322 e. The molecule has 2 aromatic rings. The van der Waals surface area contributed by atoms with Crippen LogP contribution in [0.4, 0.5) is 16.2 Å². The molecule has 1 aromatic heterocycles.